The SMILES string of the molecule is Cc1cccc(-n2ncc3c(=O)n4c(nc32)SCC4CC(=O)Nc2cccc(F)c2)c1. The quantitative estimate of drug-likeness (QED) is 0.494. The summed E-state index contributed by atoms with van der Waals surface area (Å²) in [4.78, 5) is 30.4. The van der Waals surface area contributed by atoms with Gasteiger partial charge < -0.3 is 5.32 Å². The average Bonchev–Trinajstić information content (AvgIpc) is 3.33. The monoisotopic (exact) mass is 435 g/mol. The number of aryl methyl sites for hydroxylation is 1. The summed E-state index contributed by atoms with van der Waals surface area (Å²) in [6.45, 7) is 1.99. The van der Waals surface area contributed by atoms with Crippen LogP contribution in [0.1, 0.15) is 18.0 Å². The van der Waals surface area contributed by atoms with Crippen LogP contribution in [0.15, 0.2) is 64.7 Å². The second kappa shape index (κ2) is 7.66. The van der Waals surface area contributed by atoms with Crippen molar-refractivity contribution in [1.82, 2.24) is 19.3 Å². The van der Waals surface area contributed by atoms with E-state index in [2.05, 4.69) is 15.4 Å². The highest BCUT2D eigenvalue weighted by Crippen LogP contribution is 2.33. The number of thioether (sulfide) groups is 1. The van der Waals surface area contributed by atoms with Crippen molar-refractivity contribution in [2.75, 3.05) is 11.1 Å². The zero-order valence-electron chi connectivity index (χ0n) is 16.6. The fourth-order valence-corrected chi connectivity index (χ4v) is 4.85. The molecule has 0 saturated heterocycles. The molecule has 0 spiro atoms. The first-order valence-electron chi connectivity index (χ1n) is 9.75. The van der Waals surface area contributed by atoms with E-state index in [-0.39, 0.29) is 23.9 Å². The van der Waals surface area contributed by atoms with E-state index in [1.54, 1.807) is 15.3 Å². The summed E-state index contributed by atoms with van der Waals surface area (Å²) in [5.74, 6) is -0.150. The molecular formula is C22H18FN5O2S. The molecule has 0 fully saturated rings. The minimum Gasteiger partial charge on any atom is -0.326 e. The Morgan fingerprint density at radius 3 is 2.90 bits per heavy atom. The van der Waals surface area contributed by atoms with Crippen LogP contribution < -0.4 is 10.9 Å². The van der Waals surface area contributed by atoms with Gasteiger partial charge in [0, 0.05) is 17.9 Å². The molecule has 156 valence electrons. The number of benzene rings is 2. The van der Waals surface area contributed by atoms with Gasteiger partial charge in [-0.15, -0.1) is 0 Å². The molecule has 4 aromatic rings. The van der Waals surface area contributed by atoms with E-state index in [4.69, 9.17) is 0 Å². The highest BCUT2D eigenvalue weighted by atomic mass is 32.2. The number of carbonyl (C=O) groups excluding carboxylic acids is 1. The summed E-state index contributed by atoms with van der Waals surface area (Å²) >= 11 is 1.44. The third-order valence-electron chi connectivity index (χ3n) is 5.15. The van der Waals surface area contributed by atoms with Gasteiger partial charge in [0.15, 0.2) is 10.8 Å². The summed E-state index contributed by atoms with van der Waals surface area (Å²) in [6, 6.07) is 13.2. The number of rotatable bonds is 4. The first-order valence-corrected chi connectivity index (χ1v) is 10.7. The summed E-state index contributed by atoms with van der Waals surface area (Å²) < 4.78 is 16.6. The van der Waals surface area contributed by atoms with E-state index in [1.165, 1.54) is 36.2 Å². The average molecular weight is 435 g/mol. The Hall–Kier alpha value is -3.46. The zero-order chi connectivity index (χ0) is 21.5. The van der Waals surface area contributed by atoms with Gasteiger partial charge in [0.2, 0.25) is 5.91 Å². The topological polar surface area (TPSA) is 81.8 Å². The molecule has 0 saturated carbocycles. The number of nitrogens with one attached hydrogen (secondary N) is 1. The maximum atomic E-state index is 13.4. The number of amides is 1. The van der Waals surface area contributed by atoms with Gasteiger partial charge in [-0.3, -0.25) is 14.2 Å². The fraction of sp³-hybridized carbons (Fsp3) is 0.182. The van der Waals surface area contributed by atoms with Crippen LogP contribution in [0, 0.1) is 12.7 Å². The molecule has 2 aromatic heterocycles. The lowest BCUT2D eigenvalue weighted by Gasteiger charge is -2.13. The molecule has 2 aromatic carbocycles. The normalized spacial score (nSPS) is 15.2. The predicted octanol–water partition coefficient (Wildman–Crippen LogP) is 3.71. The van der Waals surface area contributed by atoms with Crippen LogP contribution in [0.4, 0.5) is 10.1 Å². The van der Waals surface area contributed by atoms with E-state index in [9.17, 15) is 14.0 Å². The molecule has 5 rings (SSSR count). The van der Waals surface area contributed by atoms with E-state index >= 15 is 0 Å². The van der Waals surface area contributed by atoms with Crippen LogP contribution in [0.25, 0.3) is 16.7 Å². The van der Waals surface area contributed by atoms with Crippen LogP contribution >= 0.6 is 11.8 Å². The largest absolute Gasteiger partial charge is 0.326 e. The molecule has 9 heteroatoms. The van der Waals surface area contributed by atoms with E-state index < -0.39 is 5.82 Å². The molecule has 1 atom stereocenters. The van der Waals surface area contributed by atoms with Crippen molar-refractivity contribution >= 4 is 34.4 Å². The number of halogens is 1. The molecule has 3 heterocycles. The highest BCUT2D eigenvalue weighted by Gasteiger charge is 2.29. The molecule has 7 nitrogen and oxygen atoms in total. The third kappa shape index (κ3) is 3.61. The van der Waals surface area contributed by atoms with Gasteiger partial charge in [0.25, 0.3) is 5.56 Å². The molecule has 0 aliphatic carbocycles. The van der Waals surface area contributed by atoms with Crippen molar-refractivity contribution in [3.63, 3.8) is 0 Å². The lowest BCUT2D eigenvalue weighted by Crippen LogP contribution is -2.27. The summed E-state index contributed by atoms with van der Waals surface area (Å²) in [5.41, 5.74) is 2.58. The first kappa shape index (κ1) is 19.5. The van der Waals surface area contributed by atoms with Gasteiger partial charge in [0.1, 0.15) is 11.2 Å². The van der Waals surface area contributed by atoms with Crippen LogP contribution in [-0.2, 0) is 4.79 Å². The van der Waals surface area contributed by atoms with Crippen molar-refractivity contribution in [2.45, 2.75) is 24.5 Å². The Kier molecular flexibility index (Phi) is 4.82. The molecule has 1 N–H and O–H groups in total. The van der Waals surface area contributed by atoms with Gasteiger partial charge in [-0.25, -0.2) is 14.1 Å². The number of carbonyl (C=O) groups is 1. The van der Waals surface area contributed by atoms with Crippen LogP contribution in [-0.4, -0.2) is 31.0 Å². The maximum Gasteiger partial charge on any atom is 0.265 e. The Morgan fingerprint density at radius 1 is 1.26 bits per heavy atom. The van der Waals surface area contributed by atoms with Crippen LogP contribution in [0.2, 0.25) is 0 Å². The molecule has 31 heavy (non-hydrogen) atoms. The number of aromatic nitrogens is 4. The van der Waals surface area contributed by atoms with Gasteiger partial charge in [-0.05, 0) is 42.8 Å². The molecule has 0 radical (unpaired) electrons. The second-order valence-corrected chi connectivity index (χ2v) is 8.42. The Morgan fingerprint density at radius 2 is 2.10 bits per heavy atom. The van der Waals surface area contributed by atoms with Crippen molar-refractivity contribution in [2.24, 2.45) is 0 Å². The smallest absolute Gasteiger partial charge is 0.265 e. The van der Waals surface area contributed by atoms with E-state index in [0.717, 1.165) is 11.3 Å². The number of hydrogen-bond donors (Lipinski definition) is 1. The predicted molar refractivity (Wildman–Crippen MR) is 117 cm³/mol. The van der Waals surface area contributed by atoms with Gasteiger partial charge in [-0.2, -0.15) is 5.10 Å². The van der Waals surface area contributed by atoms with Gasteiger partial charge >= 0.3 is 0 Å². The summed E-state index contributed by atoms with van der Waals surface area (Å²) in [6.07, 6.45) is 1.61. The lowest BCUT2D eigenvalue weighted by molar-refractivity contribution is -0.116. The van der Waals surface area contributed by atoms with Gasteiger partial charge in [-0.1, -0.05) is 30.0 Å². The Balaban J connectivity index is 1.45. The number of nitrogens with zero attached hydrogens (tertiary/aromatic N) is 4. The van der Waals surface area contributed by atoms with Crippen LogP contribution in [0.5, 0.6) is 0 Å². The molecule has 0 bridgehead atoms. The standard InChI is InChI=1S/C22H18FN5O2S/c1-13-4-2-7-16(8-13)28-20-18(11-24-28)21(30)27-17(12-31-22(27)26-20)10-19(29)25-15-6-3-5-14(23)9-15/h2-9,11,17H,10,12H2,1H3,(H,25,29). The summed E-state index contributed by atoms with van der Waals surface area (Å²) in [5, 5.41) is 8.03. The van der Waals surface area contributed by atoms with Crippen molar-refractivity contribution in [3.8, 4) is 5.69 Å². The molecule has 1 aliphatic rings. The second-order valence-electron chi connectivity index (χ2n) is 7.43. The van der Waals surface area contributed by atoms with E-state index in [0.29, 0.717) is 27.6 Å². The number of hydrogen-bond acceptors (Lipinski definition) is 5. The van der Waals surface area contributed by atoms with Crippen molar-refractivity contribution in [3.05, 3.63) is 76.5 Å². The Labute approximate surface area is 180 Å². The fourth-order valence-electron chi connectivity index (χ4n) is 3.72. The molecular weight excluding hydrogens is 417 g/mol. The maximum absolute atomic E-state index is 13.4. The van der Waals surface area contributed by atoms with E-state index in [1.807, 2.05) is 31.2 Å². The number of fused-ring (bicyclic) bond motifs is 2. The van der Waals surface area contributed by atoms with Crippen molar-refractivity contribution in [1.29, 1.82) is 0 Å². The minimum atomic E-state index is -0.423. The third-order valence-corrected chi connectivity index (χ3v) is 6.24. The molecule has 1 amide bonds. The number of anilines is 1. The minimum absolute atomic E-state index is 0.0929. The first-order chi connectivity index (χ1) is 15.0. The summed E-state index contributed by atoms with van der Waals surface area (Å²) in [7, 11) is 0. The lowest BCUT2D eigenvalue weighted by atomic mass is 10.2. The van der Waals surface area contributed by atoms with Crippen molar-refractivity contribution < 1.29 is 9.18 Å². The molecule has 1 aliphatic heterocycles. The van der Waals surface area contributed by atoms with Crippen LogP contribution in [0.3, 0.4) is 0 Å². The molecule has 1 unspecified atom stereocenters. The van der Waals surface area contributed by atoms with Gasteiger partial charge in [0.05, 0.1) is 17.9 Å². The highest BCUT2D eigenvalue weighted by molar-refractivity contribution is 7.99. The zero-order valence-corrected chi connectivity index (χ0v) is 17.4. The Bertz CT molecular complexity index is 1380.